The van der Waals surface area contributed by atoms with Gasteiger partial charge in [-0.2, -0.15) is 0 Å². The minimum atomic E-state index is 0.212. The predicted molar refractivity (Wildman–Crippen MR) is 85.9 cm³/mol. The number of carbonyl (C=O) groups is 1. The highest BCUT2D eigenvalue weighted by Gasteiger charge is 2.40. The molecular weight excluding hydrogens is 282 g/mol. The highest BCUT2D eigenvalue weighted by molar-refractivity contribution is 7.13. The molecule has 0 aliphatic carbocycles. The van der Waals surface area contributed by atoms with Crippen molar-refractivity contribution in [3.05, 3.63) is 15.6 Å². The molecule has 116 valence electrons. The molecule has 3 rings (SSSR count). The average Bonchev–Trinajstić information content (AvgIpc) is 3.15. The lowest BCUT2D eigenvalue weighted by Gasteiger charge is -2.34. The molecule has 0 spiro atoms. The molecule has 0 aromatic carbocycles. The number of thiazole rings is 1. The minimum Gasteiger partial charge on any atom is -0.333 e. The molecule has 0 N–H and O–H groups in total. The fraction of sp³-hybridized carbons (Fsp3) is 0.750. The average molecular weight is 307 g/mol. The third-order valence-electron chi connectivity index (χ3n) is 4.92. The van der Waals surface area contributed by atoms with Crippen LogP contribution in [0.15, 0.2) is 0 Å². The summed E-state index contributed by atoms with van der Waals surface area (Å²) in [5, 5.41) is 0.989. The van der Waals surface area contributed by atoms with Crippen molar-refractivity contribution in [2.24, 2.45) is 0 Å². The number of likely N-dealkylation sites (N-methyl/N-ethyl adjacent to an activating group) is 1. The van der Waals surface area contributed by atoms with Crippen LogP contribution in [0.4, 0.5) is 0 Å². The summed E-state index contributed by atoms with van der Waals surface area (Å²) < 4.78 is 0. The van der Waals surface area contributed by atoms with Crippen molar-refractivity contribution in [2.75, 3.05) is 19.6 Å². The molecule has 0 unspecified atom stereocenters. The lowest BCUT2D eigenvalue weighted by molar-refractivity contribution is 0.0654. The van der Waals surface area contributed by atoms with Crippen LogP contribution in [0.5, 0.6) is 0 Å². The summed E-state index contributed by atoms with van der Waals surface area (Å²) in [5.74, 6) is 0.212. The predicted octanol–water partition coefficient (Wildman–Crippen LogP) is 2.85. The van der Waals surface area contributed by atoms with Crippen LogP contribution in [-0.2, 0) is 0 Å². The molecule has 2 fully saturated rings. The zero-order valence-electron chi connectivity index (χ0n) is 13.3. The van der Waals surface area contributed by atoms with Crippen molar-refractivity contribution in [3.8, 4) is 0 Å². The molecule has 5 heteroatoms. The normalized spacial score (nSPS) is 26.7. The summed E-state index contributed by atoms with van der Waals surface area (Å²) in [6.45, 7) is 9.37. The van der Waals surface area contributed by atoms with Gasteiger partial charge in [0, 0.05) is 18.6 Å². The van der Waals surface area contributed by atoms with E-state index in [9.17, 15) is 4.79 Å². The van der Waals surface area contributed by atoms with Gasteiger partial charge in [0.2, 0.25) is 0 Å². The highest BCUT2D eigenvalue weighted by Crippen LogP contribution is 2.32. The van der Waals surface area contributed by atoms with Crippen molar-refractivity contribution in [1.29, 1.82) is 0 Å². The van der Waals surface area contributed by atoms with E-state index in [1.165, 1.54) is 19.4 Å². The maximum Gasteiger partial charge on any atom is 0.266 e. The summed E-state index contributed by atoms with van der Waals surface area (Å²) in [6.07, 6.45) is 4.81. The SMILES string of the molecule is CCN1CCC[C@H]1[C@@H]1CCCN1C(=O)c1sc(C)nc1C. The summed E-state index contributed by atoms with van der Waals surface area (Å²) in [4.78, 5) is 22.9. The molecule has 2 aliphatic heterocycles. The Morgan fingerprint density at radius 2 is 1.95 bits per heavy atom. The largest absolute Gasteiger partial charge is 0.333 e. The van der Waals surface area contributed by atoms with Gasteiger partial charge in [-0.25, -0.2) is 4.98 Å². The van der Waals surface area contributed by atoms with E-state index in [1.54, 1.807) is 11.3 Å². The number of aromatic nitrogens is 1. The number of nitrogens with zero attached hydrogens (tertiary/aromatic N) is 3. The lowest BCUT2D eigenvalue weighted by atomic mass is 10.0. The maximum atomic E-state index is 12.9. The molecule has 2 saturated heterocycles. The Balaban J connectivity index is 1.80. The molecule has 1 amide bonds. The van der Waals surface area contributed by atoms with Crippen molar-refractivity contribution >= 4 is 17.2 Å². The molecular formula is C16H25N3OS. The number of carbonyl (C=O) groups excluding carboxylic acids is 1. The van der Waals surface area contributed by atoms with Crippen molar-refractivity contribution in [2.45, 2.75) is 58.5 Å². The van der Waals surface area contributed by atoms with E-state index in [-0.39, 0.29) is 5.91 Å². The van der Waals surface area contributed by atoms with E-state index in [2.05, 4.69) is 21.7 Å². The van der Waals surface area contributed by atoms with Gasteiger partial charge in [-0.15, -0.1) is 11.3 Å². The Bertz CT molecular complexity index is 528. The molecule has 0 bridgehead atoms. The molecule has 3 heterocycles. The van der Waals surface area contributed by atoms with E-state index in [4.69, 9.17) is 0 Å². The third-order valence-corrected chi connectivity index (χ3v) is 5.98. The van der Waals surface area contributed by atoms with Gasteiger partial charge in [-0.3, -0.25) is 9.69 Å². The molecule has 2 atom stereocenters. The summed E-state index contributed by atoms with van der Waals surface area (Å²) >= 11 is 1.54. The van der Waals surface area contributed by atoms with E-state index < -0.39 is 0 Å². The van der Waals surface area contributed by atoms with E-state index in [0.29, 0.717) is 12.1 Å². The van der Waals surface area contributed by atoms with Crippen LogP contribution in [0.25, 0.3) is 0 Å². The van der Waals surface area contributed by atoms with Gasteiger partial charge in [0.05, 0.1) is 10.7 Å². The van der Waals surface area contributed by atoms with E-state index >= 15 is 0 Å². The number of likely N-dealkylation sites (tertiary alicyclic amines) is 2. The van der Waals surface area contributed by atoms with E-state index in [0.717, 1.165) is 41.5 Å². The topological polar surface area (TPSA) is 36.4 Å². The van der Waals surface area contributed by atoms with Crippen LogP contribution >= 0.6 is 11.3 Å². The van der Waals surface area contributed by atoms with Crippen molar-refractivity contribution in [3.63, 3.8) is 0 Å². The minimum absolute atomic E-state index is 0.212. The van der Waals surface area contributed by atoms with Crippen LogP contribution in [0.2, 0.25) is 0 Å². The fourth-order valence-electron chi connectivity index (χ4n) is 3.99. The summed E-state index contributed by atoms with van der Waals surface area (Å²) in [6, 6.07) is 0.970. The number of hydrogen-bond donors (Lipinski definition) is 0. The third kappa shape index (κ3) is 2.73. The monoisotopic (exact) mass is 307 g/mol. The van der Waals surface area contributed by atoms with Crippen molar-refractivity contribution < 1.29 is 4.79 Å². The van der Waals surface area contributed by atoms with Gasteiger partial charge in [-0.05, 0) is 52.6 Å². The number of hydrogen-bond acceptors (Lipinski definition) is 4. The van der Waals surface area contributed by atoms with Crippen LogP contribution in [0, 0.1) is 13.8 Å². The van der Waals surface area contributed by atoms with Gasteiger partial charge < -0.3 is 4.90 Å². The van der Waals surface area contributed by atoms with Gasteiger partial charge in [0.25, 0.3) is 5.91 Å². The molecule has 0 radical (unpaired) electrons. The van der Waals surface area contributed by atoms with Gasteiger partial charge in [0.15, 0.2) is 0 Å². The Labute approximate surface area is 131 Å². The fourth-order valence-corrected chi connectivity index (χ4v) is 4.86. The lowest BCUT2D eigenvalue weighted by Crippen LogP contribution is -2.48. The molecule has 1 aromatic rings. The Morgan fingerprint density at radius 1 is 1.24 bits per heavy atom. The van der Waals surface area contributed by atoms with Crippen LogP contribution in [-0.4, -0.2) is 52.4 Å². The number of aryl methyl sites for hydroxylation is 2. The number of amides is 1. The van der Waals surface area contributed by atoms with Gasteiger partial charge in [0.1, 0.15) is 4.88 Å². The molecule has 0 saturated carbocycles. The maximum absolute atomic E-state index is 12.9. The first-order valence-corrected chi connectivity index (χ1v) is 8.92. The molecule has 2 aliphatic rings. The first kappa shape index (κ1) is 15.0. The van der Waals surface area contributed by atoms with Crippen LogP contribution in [0.1, 0.15) is 53.0 Å². The zero-order valence-corrected chi connectivity index (χ0v) is 14.1. The first-order valence-electron chi connectivity index (χ1n) is 8.11. The second kappa shape index (κ2) is 6.05. The first-order chi connectivity index (χ1) is 10.1. The van der Waals surface area contributed by atoms with Crippen LogP contribution in [0.3, 0.4) is 0 Å². The van der Waals surface area contributed by atoms with Gasteiger partial charge >= 0.3 is 0 Å². The van der Waals surface area contributed by atoms with E-state index in [1.807, 2.05) is 13.8 Å². The summed E-state index contributed by atoms with van der Waals surface area (Å²) in [5.41, 5.74) is 0.895. The van der Waals surface area contributed by atoms with Crippen LogP contribution < -0.4 is 0 Å². The highest BCUT2D eigenvalue weighted by atomic mass is 32.1. The Morgan fingerprint density at radius 3 is 2.62 bits per heavy atom. The van der Waals surface area contributed by atoms with Crippen molar-refractivity contribution in [1.82, 2.24) is 14.8 Å². The van der Waals surface area contributed by atoms with Gasteiger partial charge in [-0.1, -0.05) is 6.92 Å². The second-order valence-electron chi connectivity index (χ2n) is 6.19. The molecule has 1 aromatic heterocycles. The standard InChI is InChI=1S/C16H25N3OS/c1-4-18-9-5-7-13(18)14-8-6-10-19(14)16(20)15-11(2)17-12(3)21-15/h13-14H,4-10H2,1-3H3/t13-,14-/m0/s1. The molecule has 21 heavy (non-hydrogen) atoms. The summed E-state index contributed by atoms with van der Waals surface area (Å²) in [7, 11) is 0. The second-order valence-corrected chi connectivity index (χ2v) is 7.40. The quantitative estimate of drug-likeness (QED) is 0.861. The zero-order chi connectivity index (χ0) is 15.0. The molecule has 4 nitrogen and oxygen atoms in total. The Kier molecular flexibility index (Phi) is 4.31. The Hall–Kier alpha value is -0.940. The smallest absolute Gasteiger partial charge is 0.266 e. The number of rotatable bonds is 3.